The van der Waals surface area contributed by atoms with Gasteiger partial charge in [0, 0.05) is 17.0 Å². The second kappa shape index (κ2) is 4.89. The SMILES string of the molecule is [N-]=[N+]=NCC=Cc1cccc(N)c1F. The Morgan fingerprint density at radius 1 is 1.57 bits per heavy atom. The maximum Gasteiger partial charge on any atom is 0.153 e. The Balaban J connectivity index is 2.81. The van der Waals surface area contributed by atoms with E-state index in [0.29, 0.717) is 5.56 Å². The van der Waals surface area contributed by atoms with Crippen molar-refractivity contribution in [1.29, 1.82) is 0 Å². The van der Waals surface area contributed by atoms with Gasteiger partial charge in [0.1, 0.15) is 0 Å². The minimum atomic E-state index is -0.454. The molecule has 1 aromatic rings. The van der Waals surface area contributed by atoms with Crippen molar-refractivity contribution in [2.24, 2.45) is 5.11 Å². The first-order chi connectivity index (χ1) is 6.75. The number of benzene rings is 1. The summed E-state index contributed by atoms with van der Waals surface area (Å²) in [5, 5.41) is 3.28. The lowest BCUT2D eigenvalue weighted by molar-refractivity contribution is 0.630. The summed E-state index contributed by atoms with van der Waals surface area (Å²) in [6, 6.07) is 4.74. The number of nitrogens with two attached hydrogens (primary N) is 1. The van der Waals surface area contributed by atoms with Gasteiger partial charge in [0.2, 0.25) is 0 Å². The quantitative estimate of drug-likeness (QED) is 0.340. The maximum atomic E-state index is 13.2. The third-order valence-electron chi connectivity index (χ3n) is 1.61. The average Bonchev–Trinajstić information content (AvgIpc) is 2.19. The van der Waals surface area contributed by atoms with Crippen molar-refractivity contribution >= 4 is 11.8 Å². The summed E-state index contributed by atoms with van der Waals surface area (Å²) in [7, 11) is 0. The summed E-state index contributed by atoms with van der Waals surface area (Å²) in [5.41, 5.74) is 13.8. The van der Waals surface area contributed by atoms with Crippen LogP contribution in [0.15, 0.2) is 29.4 Å². The molecule has 72 valence electrons. The topological polar surface area (TPSA) is 74.8 Å². The molecule has 0 heterocycles. The summed E-state index contributed by atoms with van der Waals surface area (Å²) in [5.74, 6) is -0.454. The number of hydrogen-bond donors (Lipinski definition) is 1. The molecule has 0 amide bonds. The van der Waals surface area contributed by atoms with Crippen LogP contribution in [0.2, 0.25) is 0 Å². The largest absolute Gasteiger partial charge is 0.396 e. The highest BCUT2D eigenvalue weighted by molar-refractivity contribution is 5.57. The Kier molecular flexibility index (Phi) is 3.52. The van der Waals surface area contributed by atoms with Crippen LogP contribution in [0.3, 0.4) is 0 Å². The van der Waals surface area contributed by atoms with Gasteiger partial charge in [0.25, 0.3) is 0 Å². The minimum Gasteiger partial charge on any atom is -0.396 e. The standard InChI is InChI=1S/C9H9FN4/c10-9-7(3-1-5-8(9)11)4-2-6-13-14-12/h1-5H,6,11H2. The monoisotopic (exact) mass is 192 g/mol. The van der Waals surface area contributed by atoms with E-state index in [0.717, 1.165) is 0 Å². The number of azide groups is 1. The predicted molar refractivity (Wildman–Crippen MR) is 53.9 cm³/mol. The molecule has 4 nitrogen and oxygen atoms in total. The van der Waals surface area contributed by atoms with Crippen LogP contribution in [0.4, 0.5) is 10.1 Å². The lowest BCUT2D eigenvalue weighted by Crippen LogP contribution is -1.92. The van der Waals surface area contributed by atoms with Crippen molar-refractivity contribution in [2.45, 2.75) is 0 Å². The van der Waals surface area contributed by atoms with E-state index in [1.54, 1.807) is 18.2 Å². The Hall–Kier alpha value is -2.00. The Morgan fingerprint density at radius 3 is 3.07 bits per heavy atom. The van der Waals surface area contributed by atoms with Gasteiger partial charge in [-0.2, -0.15) is 0 Å². The van der Waals surface area contributed by atoms with Crippen LogP contribution in [0, 0.1) is 5.82 Å². The molecule has 0 radical (unpaired) electrons. The number of rotatable bonds is 3. The van der Waals surface area contributed by atoms with Crippen LogP contribution in [0.25, 0.3) is 16.5 Å². The normalized spacial score (nSPS) is 10.1. The molecule has 0 aromatic heterocycles. The first-order valence-electron chi connectivity index (χ1n) is 3.97. The molecule has 1 rings (SSSR count). The first kappa shape index (κ1) is 10.1. The lowest BCUT2D eigenvalue weighted by Gasteiger charge is -1.98. The summed E-state index contributed by atoms with van der Waals surface area (Å²) in [6.45, 7) is 0.199. The van der Waals surface area contributed by atoms with Crippen molar-refractivity contribution < 1.29 is 4.39 Å². The predicted octanol–water partition coefficient (Wildman–Crippen LogP) is 2.73. The van der Waals surface area contributed by atoms with E-state index in [-0.39, 0.29) is 12.2 Å². The van der Waals surface area contributed by atoms with Gasteiger partial charge >= 0.3 is 0 Å². The fraction of sp³-hybridized carbons (Fsp3) is 0.111. The molecule has 14 heavy (non-hydrogen) atoms. The molecule has 0 saturated heterocycles. The van der Waals surface area contributed by atoms with Crippen molar-refractivity contribution in [2.75, 3.05) is 12.3 Å². The van der Waals surface area contributed by atoms with E-state index in [4.69, 9.17) is 11.3 Å². The van der Waals surface area contributed by atoms with Crippen LogP contribution in [0.5, 0.6) is 0 Å². The number of nitrogen functional groups attached to an aromatic ring is 1. The maximum absolute atomic E-state index is 13.2. The third-order valence-corrected chi connectivity index (χ3v) is 1.61. The molecule has 0 spiro atoms. The summed E-state index contributed by atoms with van der Waals surface area (Å²) in [4.78, 5) is 2.56. The van der Waals surface area contributed by atoms with Gasteiger partial charge in [-0.25, -0.2) is 4.39 Å². The van der Waals surface area contributed by atoms with Gasteiger partial charge in [0.05, 0.1) is 5.69 Å². The molecule has 0 aliphatic rings. The molecule has 2 N–H and O–H groups in total. The zero-order valence-electron chi connectivity index (χ0n) is 7.39. The van der Waals surface area contributed by atoms with E-state index < -0.39 is 5.82 Å². The van der Waals surface area contributed by atoms with Gasteiger partial charge in [-0.15, -0.1) is 0 Å². The molecule has 0 atom stereocenters. The first-order valence-corrected chi connectivity index (χ1v) is 3.97. The fourth-order valence-electron chi connectivity index (χ4n) is 0.960. The van der Waals surface area contributed by atoms with Gasteiger partial charge in [-0.1, -0.05) is 29.4 Å². The molecule has 5 heteroatoms. The van der Waals surface area contributed by atoms with Crippen LogP contribution >= 0.6 is 0 Å². The van der Waals surface area contributed by atoms with E-state index in [1.807, 2.05) is 0 Å². The minimum absolute atomic E-state index is 0.107. The molecule has 0 bridgehead atoms. The number of halogens is 1. The van der Waals surface area contributed by atoms with Crippen molar-refractivity contribution in [3.8, 4) is 0 Å². The highest BCUT2D eigenvalue weighted by Gasteiger charge is 2.00. The molecular formula is C9H9FN4. The van der Waals surface area contributed by atoms with Crippen LogP contribution in [-0.2, 0) is 0 Å². The van der Waals surface area contributed by atoms with Crippen molar-refractivity contribution in [3.05, 3.63) is 46.1 Å². The van der Waals surface area contributed by atoms with Crippen molar-refractivity contribution in [1.82, 2.24) is 0 Å². The third kappa shape index (κ3) is 2.50. The second-order valence-corrected chi connectivity index (χ2v) is 2.57. The summed E-state index contributed by atoms with van der Waals surface area (Å²) in [6.07, 6.45) is 3.10. The van der Waals surface area contributed by atoms with E-state index in [1.165, 1.54) is 12.1 Å². The highest BCUT2D eigenvalue weighted by Crippen LogP contribution is 2.15. The number of anilines is 1. The Labute approximate surface area is 80.5 Å². The highest BCUT2D eigenvalue weighted by atomic mass is 19.1. The molecule has 0 unspecified atom stereocenters. The smallest absolute Gasteiger partial charge is 0.153 e. The van der Waals surface area contributed by atoms with Gasteiger partial charge in [-0.3, -0.25) is 0 Å². The number of hydrogen-bond acceptors (Lipinski definition) is 2. The van der Waals surface area contributed by atoms with Gasteiger partial charge in [0.15, 0.2) is 5.82 Å². The van der Waals surface area contributed by atoms with Crippen LogP contribution < -0.4 is 5.73 Å². The van der Waals surface area contributed by atoms with E-state index in [9.17, 15) is 4.39 Å². The lowest BCUT2D eigenvalue weighted by atomic mass is 10.2. The van der Waals surface area contributed by atoms with E-state index in [2.05, 4.69) is 10.0 Å². The van der Waals surface area contributed by atoms with Gasteiger partial charge < -0.3 is 5.73 Å². The molecule has 0 fully saturated rings. The molecular weight excluding hydrogens is 183 g/mol. The summed E-state index contributed by atoms with van der Waals surface area (Å²) >= 11 is 0. The molecule has 0 aliphatic carbocycles. The Morgan fingerprint density at radius 2 is 2.36 bits per heavy atom. The van der Waals surface area contributed by atoms with E-state index >= 15 is 0 Å². The van der Waals surface area contributed by atoms with Crippen LogP contribution in [-0.4, -0.2) is 6.54 Å². The average molecular weight is 192 g/mol. The zero-order chi connectivity index (χ0) is 10.4. The number of nitrogens with zero attached hydrogens (tertiary/aromatic N) is 3. The second-order valence-electron chi connectivity index (χ2n) is 2.57. The molecule has 0 aliphatic heterocycles. The van der Waals surface area contributed by atoms with Gasteiger partial charge in [-0.05, 0) is 11.6 Å². The van der Waals surface area contributed by atoms with Crippen molar-refractivity contribution in [3.63, 3.8) is 0 Å². The molecule has 1 aromatic carbocycles. The summed E-state index contributed by atoms with van der Waals surface area (Å²) < 4.78 is 13.2. The fourth-order valence-corrected chi connectivity index (χ4v) is 0.960. The Bertz CT molecular complexity index is 394. The van der Waals surface area contributed by atoms with Crippen LogP contribution in [0.1, 0.15) is 5.56 Å². The molecule has 0 saturated carbocycles. The zero-order valence-corrected chi connectivity index (χ0v) is 7.39.